The number of rotatable bonds is 7. The highest BCUT2D eigenvalue weighted by Crippen LogP contribution is 2.35. The smallest absolute Gasteiger partial charge is 0.167 e. The first-order valence-electron chi connectivity index (χ1n) is 10.6. The van der Waals surface area contributed by atoms with Crippen LogP contribution >= 0.6 is 0 Å². The molecule has 164 valence electrons. The Morgan fingerprint density at radius 3 is 2.59 bits per heavy atom. The Morgan fingerprint density at radius 1 is 1.06 bits per heavy atom. The van der Waals surface area contributed by atoms with Crippen LogP contribution in [0.4, 0.5) is 0 Å². The lowest BCUT2D eigenvalue weighted by molar-refractivity contribution is 0.459. The number of benzene rings is 2. The highest BCUT2D eigenvalue weighted by atomic mass is 32.2. The van der Waals surface area contributed by atoms with E-state index in [1.165, 1.54) is 0 Å². The minimum atomic E-state index is -1.27. The summed E-state index contributed by atoms with van der Waals surface area (Å²) in [6, 6.07) is 21.5. The van der Waals surface area contributed by atoms with Crippen molar-refractivity contribution in [3.8, 4) is 11.3 Å². The summed E-state index contributed by atoms with van der Waals surface area (Å²) in [5.41, 5.74) is 5.16. The largest absolute Gasteiger partial charge is 0.598 e. The van der Waals surface area contributed by atoms with Crippen LogP contribution < -0.4 is 4.72 Å². The predicted octanol–water partition coefficient (Wildman–Crippen LogP) is 5.87. The molecule has 0 radical (unpaired) electrons. The van der Waals surface area contributed by atoms with E-state index in [-0.39, 0.29) is 6.04 Å². The number of aromatic nitrogens is 2. The number of fused-ring (bicyclic) bond motifs is 1. The van der Waals surface area contributed by atoms with Gasteiger partial charge in [0.2, 0.25) is 0 Å². The van der Waals surface area contributed by atoms with E-state index in [2.05, 4.69) is 21.4 Å². The zero-order chi connectivity index (χ0) is 22.7. The molecule has 0 bridgehead atoms. The first kappa shape index (κ1) is 22.3. The predicted molar refractivity (Wildman–Crippen MR) is 131 cm³/mol. The third-order valence-electron chi connectivity index (χ3n) is 5.22. The van der Waals surface area contributed by atoms with E-state index in [1.807, 2.05) is 87.5 Å². The minimum Gasteiger partial charge on any atom is -0.598 e. The maximum Gasteiger partial charge on any atom is 0.167 e. The van der Waals surface area contributed by atoms with Crippen LogP contribution in [0.5, 0.6) is 0 Å². The van der Waals surface area contributed by atoms with Gasteiger partial charge in [0.15, 0.2) is 5.58 Å². The SMILES string of the molecule is C=Cc1cccc(CC(N[S@@+]([O-])C(C)(C)C)c2ccccc2-c2noc3ccccc23)n1. The summed E-state index contributed by atoms with van der Waals surface area (Å²) in [7, 11) is 0. The van der Waals surface area contributed by atoms with Crippen molar-refractivity contribution in [2.75, 3.05) is 0 Å². The molecular formula is C26H27N3O2S. The van der Waals surface area contributed by atoms with Crippen LogP contribution in [0.1, 0.15) is 43.8 Å². The summed E-state index contributed by atoms with van der Waals surface area (Å²) in [6.45, 7) is 9.70. The minimum absolute atomic E-state index is 0.241. The van der Waals surface area contributed by atoms with Crippen LogP contribution in [0.2, 0.25) is 0 Å². The van der Waals surface area contributed by atoms with Crippen molar-refractivity contribution >= 4 is 28.4 Å². The molecule has 32 heavy (non-hydrogen) atoms. The van der Waals surface area contributed by atoms with E-state index in [4.69, 9.17) is 4.52 Å². The molecule has 2 heterocycles. The highest BCUT2D eigenvalue weighted by Gasteiger charge is 2.31. The number of nitrogens with zero attached hydrogens (tertiary/aromatic N) is 2. The van der Waals surface area contributed by atoms with E-state index < -0.39 is 16.1 Å². The van der Waals surface area contributed by atoms with Gasteiger partial charge >= 0.3 is 0 Å². The molecule has 4 rings (SSSR count). The lowest BCUT2D eigenvalue weighted by Crippen LogP contribution is -2.42. The van der Waals surface area contributed by atoms with Gasteiger partial charge in [-0.2, -0.15) is 0 Å². The number of nitrogens with one attached hydrogen (secondary N) is 1. The van der Waals surface area contributed by atoms with E-state index in [0.717, 1.165) is 39.2 Å². The Morgan fingerprint density at radius 2 is 1.81 bits per heavy atom. The fourth-order valence-electron chi connectivity index (χ4n) is 3.55. The van der Waals surface area contributed by atoms with Crippen LogP contribution in [-0.2, 0) is 17.8 Å². The third-order valence-corrected chi connectivity index (χ3v) is 6.84. The maximum absolute atomic E-state index is 13.1. The van der Waals surface area contributed by atoms with Crippen LogP contribution in [-0.4, -0.2) is 19.4 Å². The van der Waals surface area contributed by atoms with Gasteiger partial charge in [-0.05, 0) is 56.7 Å². The summed E-state index contributed by atoms with van der Waals surface area (Å²) >= 11 is -1.27. The van der Waals surface area contributed by atoms with Crippen molar-refractivity contribution in [2.24, 2.45) is 0 Å². The lowest BCUT2D eigenvalue weighted by atomic mass is 9.94. The Hall–Kier alpha value is -2.93. The number of hydrogen-bond donors (Lipinski definition) is 1. The molecule has 0 aliphatic rings. The second-order valence-electron chi connectivity index (χ2n) is 8.63. The number of para-hydroxylation sites is 1. The molecule has 0 aliphatic carbocycles. The first-order chi connectivity index (χ1) is 15.4. The molecule has 2 atom stereocenters. The molecule has 1 unspecified atom stereocenters. The van der Waals surface area contributed by atoms with Gasteiger partial charge in [-0.3, -0.25) is 4.98 Å². The second kappa shape index (κ2) is 9.28. The molecular weight excluding hydrogens is 418 g/mol. The zero-order valence-electron chi connectivity index (χ0n) is 18.5. The van der Waals surface area contributed by atoms with Crippen molar-refractivity contribution in [3.05, 3.63) is 90.3 Å². The molecule has 0 saturated heterocycles. The van der Waals surface area contributed by atoms with Gasteiger partial charge in [-0.25, -0.2) is 0 Å². The molecule has 0 saturated carbocycles. The number of pyridine rings is 1. The first-order valence-corrected chi connectivity index (χ1v) is 11.7. The molecule has 4 aromatic rings. The molecule has 0 aliphatic heterocycles. The Labute approximate surface area is 191 Å². The zero-order valence-corrected chi connectivity index (χ0v) is 19.4. The van der Waals surface area contributed by atoms with Crippen LogP contribution in [0, 0.1) is 0 Å². The molecule has 6 heteroatoms. The molecule has 5 nitrogen and oxygen atoms in total. The summed E-state index contributed by atoms with van der Waals surface area (Å²) in [4.78, 5) is 4.68. The van der Waals surface area contributed by atoms with Gasteiger partial charge in [0, 0.05) is 34.4 Å². The van der Waals surface area contributed by atoms with Gasteiger partial charge in [0.1, 0.15) is 10.4 Å². The lowest BCUT2D eigenvalue weighted by Gasteiger charge is -2.29. The Kier molecular flexibility index (Phi) is 6.46. The van der Waals surface area contributed by atoms with E-state index in [1.54, 1.807) is 6.08 Å². The normalized spacial score (nSPS) is 13.8. The third kappa shape index (κ3) is 4.78. The van der Waals surface area contributed by atoms with Gasteiger partial charge in [0.05, 0.1) is 11.7 Å². The van der Waals surface area contributed by atoms with Crippen LogP contribution in [0.25, 0.3) is 28.3 Å². The van der Waals surface area contributed by atoms with Gasteiger partial charge in [0.25, 0.3) is 0 Å². The summed E-state index contributed by atoms with van der Waals surface area (Å²) in [5, 5.41) is 5.31. The van der Waals surface area contributed by atoms with Crippen molar-refractivity contribution < 1.29 is 9.08 Å². The van der Waals surface area contributed by atoms with Crippen LogP contribution in [0.15, 0.2) is 77.8 Å². The maximum atomic E-state index is 13.1. The molecule has 0 amide bonds. The Bertz CT molecular complexity index is 1230. The second-order valence-corrected chi connectivity index (χ2v) is 10.6. The average molecular weight is 446 g/mol. The van der Waals surface area contributed by atoms with Gasteiger partial charge in [-0.1, -0.05) is 54.2 Å². The van der Waals surface area contributed by atoms with E-state index in [9.17, 15) is 4.55 Å². The topological polar surface area (TPSA) is 74.0 Å². The summed E-state index contributed by atoms with van der Waals surface area (Å²) < 4.78 is 21.6. The molecule has 1 N–H and O–H groups in total. The fourth-order valence-corrected chi connectivity index (χ4v) is 4.37. The fraction of sp³-hybridized carbons (Fsp3) is 0.231. The van der Waals surface area contributed by atoms with Gasteiger partial charge < -0.3 is 9.08 Å². The van der Waals surface area contributed by atoms with Crippen molar-refractivity contribution in [1.82, 2.24) is 14.9 Å². The average Bonchev–Trinajstić information content (AvgIpc) is 3.22. The van der Waals surface area contributed by atoms with E-state index >= 15 is 0 Å². The number of hydrogen-bond acceptors (Lipinski definition) is 5. The monoisotopic (exact) mass is 445 g/mol. The molecule has 2 aromatic heterocycles. The Balaban J connectivity index is 1.79. The molecule has 0 fully saturated rings. The summed E-state index contributed by atoms with van der Waals surface area (Å²) in [6.07, 6.45) is 2.30. The molecule has 2 aromatic carbocycles. The standard InChI is InChI=1S/C26H27N3O2S/c1-5-18-11-10-12-19(27-18)17-23(29-32(30)26(2,3)4)20-13-6-7-14-21(20)25-22-15-8-9-16-24(22)31-28-25/h5-16,23,29H,1,17H2,2-4H3/t23?,32-/m0/s1. The molecule has 0 spiro atoms. The highest BCUT2D eigenvalue weighted by molar-refractivity contribution is 7.90. The van der Waals surface area contributed by atoms with Crippen molar-refractivity contribution in [1.29, 1.82) is 0 Å². The van der Waals surface area contributed by atoms with Crippen LogP contribution in [0.3, 0.4) is 0 Å². The van der Waals surface area contributed by atoms with E-state index in [0.29, 0.717) is 6.42 Å². The van der Waals surface area contributed by atoms with Crippen molar-refractivity contribution in [2.45, 2.75) is 38.0 Å². The van der Waals surface area contributed by atoms with Crippen molar-refractivity contribution in [3.63, 3.8) is 0 Å². The quantitative estimate of drug-likeness (QED) is 0.360. The summed E-state index contributed by atoms with van der Waals surface area (Å²) in [5.74, 6) is 0. The van der Waals surface area contributed by atoms with Gasteiger partial charge in [-0.15, -0.1) is 4.72 Å².